The highest BCUT2D eigenvalue weighted by atomic mass is 31.2. The van der Waals surface area contributed by atoms with Crippen LogP contribution in [0.25, 0.3) is 0 Å². The third-order valence-electron chi connectivity index (χ3n) is 1.55. The van der Waals surface area contributed by atoms with Gasteiger partial charge in [-0.3, -0.25) is 0 Å². The monoisotopic (exact) mass is 153 g/mol. The number of halogens is 2. The Balaban J connectivity index is 2.23. The van der Waals surface area contributed by atoms with Crippen LogP contribution in [0.4, 0.5) is 8.39 Å². The molecule has 0 saturated carbocycles. The second kappa shape index (κ2) is 3.43. The van der Waals surface area contributed by atoms with Crippen LogP contribution in [-0.2, 0) is 0 Å². The molecule has 0 aromatic heterocycles. The lowest BCUT2D eigenvalue weighted by Gasteiger charge is -2.23. The Morgan fingerprint density at radius 3 is 1.89 bits per heavy atom. The van der Waals surface area contributed by atoms with Gasteiger partial charge in [-0.1, -0.05) is 6.42 Å². The molecule has 0 unspecified atom stereocenters. The van der Waals surface area contributed by atoms with E-state index in [4.69, 9.17) is 0 Å². The van der Waals surface area contributed by atoms with E-state index in [2.05, 4.69) is 0 Å². The molecule has 0 aromatic rings. The molecule has 0 bridgehead atoms. The highest BCUT2D eigenvalue weighted by Crippen LogP contribution is 2.44. The van der Waals surface area contributed by atoms with Gasteiger partial charge in [0.15, 0.2) is 0 Å². The van der Waals surface area contributed by atoms with Crippen molar-refractivity contribution in [1.29, 1.82) is 0 Å². The van der Waals surface area contributed by atoms with Gasteiger partial charge in [-0.2, -0.15) is 8.39 Å². The Morgan fingerprint density at radius 2 is 1.56 bits per heavy atom. The summed E-state index contributed by atoms with van der Waals surface area (Å²) in [6, 6.07) is 0. The van der Waals surface area contributed by atoms with Crippen LogP contribution in [0.3, 0.4) is 0 Å². The van der Waals surface area contributed by atoms with Crippen LogP contribution in [0.5, 0.6) is 0 Å². The summed E-state index contributed by atoms with van der Waals surface area (Å²) in [6.45, 7) is 1.22. The Morgan fingerprint density at radius 1 is 1.00 bits per heavy atom. The molecule has 0 radical (unpaired) electrons. The maximum absolute atomic E-state index is 11.9. The summed E-state index contributed by atoms with van der Waals surface area (Å²) in [6.07, 6.45) is 3.03. The quantitative estimate of drug-likeness (QED) is 0.523. The first kappa shape index (κ1) is 7.36. The lowest BCUT2D eigenvalue weighted by atomic mass is 10.2. The molecule has 54 valence electrons. The van der Waals surface area contributed by atoms with Crippen molar-refractivity contribution in [3.63, 3.8) is 0 Å². The summed E-state index contributed by atoms with van der Waals surface area (Å²) in [5, 5.41) is 0. The van der Waals surface area contributed by atoms with Crippen LogP contribution in [0.1, 0.15) is 19.3 Å². The average molecular weight is 153 g/mol. The van der Waals surface area contributed by atoms with Gasteiger partial charge < -0.3 is 0 Å². The molecular formula is C5H10F2NP. The number of hydrogen-bond acceptors (Lipinski definition) is 1. The molecule has 0 N–H and O–H groups in total. The van der Waals surface area contributed by atoms with Crippen LogP contribution < -0.4 is 0 Å². The van der Waals surface area contributed by atoms with Crippen molar-refractivity contribution in [3.05, 3.63) is 0 Å². The van der Waals surface area contributed by atoms with Crippen molar-refractivity contribution in [2.45, 2.75) is 19.3 Å². The number of piperidine rings is 1. The average Bonchev–Trinajstić information content (AvgIpc) is 1.90. The van der Waals surface area contributed by atoms with Gasteiger partial charge in [-0.15, -0.1) is 0 Å². The molecule has 0 atom stereocenters. The van der Waals surface area contributed by atoms with Crippen LogP contribution >= 0.6 is 8.69 Å². The molecule has 0 aromatic carbocycles. The molecule has 9 heavy (non-hydrogen) atoms. The van der Waals surface area contributed by atoms with Gasteiger partial charge in [0.25, 0.3) is 0 Å². The molecular weight excluding hydrogens is 143 g/mol. The van der Waals surface area contributed by atoms with E-state index in [0.29, 0.717) is 13.1 Å². The van der Waals surface area contributed by atoms with Gasteiger partial charge in [-0.25, -0.2) is 4.67 Å². The summed E-state index contributed by atoms with van der Waals surface area (Å²) in [5.41, 5.74) is 0. The zero-order valence-corrected chi connectivity index (χ0v) is 6.08. The molecule has 1 heterocycles. The SMILES string of the molecule is FP(F)N1CCCCC1. The first-order valence-electron chi connectivity index (χ1n) is 3.17. The van der Waals surface area contributed by atoms with Crippen molar-refractivity contribution in [3.8, 4) is 0 Å². The topological polar surface area (TPSA) is 3.24 Å². The first-order chi connectivity index (χ1) is 4.30. The summed E-state index contributed by atoms with van der Waals surface area (Å²) < 4.78 is 25.1. The minimum absolute atomic E-state index is 0.610. The molecule has 1 fully saturated rings. The third kappa shape index (κ3) is 2.15. The van der Waals surface area contributed by atoms with Crippen molar-refractivity contribution in [2.75, 3.05) is 13.1 Å². The molecule has 1 saturated heterocycles. The fraction of sp³-hybridized carbons (Fsp3) is 1.00. The summed E-state index contributed by atoms with van der Waals surface area (Å²) in [7, 11) is -2.79. The van der Waals surface area contributed by atoms with E-state index in [1.165, 1.54) is 4.67 Å². The third-order valence-corrected chi connectivity index (χ3v) is 2.37. The van der Waals surface area contributed by atoms with Crippen molar-refractivity contribution < 1.29 is 8.39 Å². The van der Waals surface area contributed by atoms with E-state index in [1.807, 2.05) is 0 Å². The summed E-state index contributed by atoms with van der Waals surface area (Å²) in [5.74, 6) is 0. The molecule has 1 aliphatic heterocycles. The Kier molecular flexibility index (Phi) is 2.80. The highest BCUT2D eigenvalue weighted by molar-refractivity contribution is 7.43. The summed E-state index contributed by atoms with van der Waals surface area (Å²) >= 11 is 0. The van der Waals surface area contributed by atoms with E-state index in [0.717, 1.165) is 19.3 Å². The zero-order chi connectivity index (χ0) is 6.69. The van der Waals surface area contributed by atoms with Gasteiger partial charge in [0.1, 0.15) is 0 Å². The van der Waals surface area contributed by atoms with Crippen molar-refractivity contribution >= 4 is 8.69 Å². The first-order valence-corrected chi connectivity index (χ1v) is 4.25. The van der Waals surface area contributed by atoms with Gasteiger partial charge in [0.05, 0.1) is 0 Å². The predicted octanol–water partition coefficient (Wildman–Crippen LogP) is 2.64. The van der Waals surface area contributed by atoms with Gasteiger partial charge in [0, 0.05) is 13.1 Å². The van der Waals surface area contributed by atoms with E-state index in [1.54, 1.807) is 0 Å². The molecule has 0 amide bonds. The van der Waals surface area contributed by atoms with E-state index in [-0.39, 0.29) is 0 Å². The smallest absolute Gasteiger partial charge is 0.229 e. The van der Waals surface area contributed by atoms with E-state index >= 15 is 0 Å². The highest BCUT2D eigenvalue weighted by Gasteiger charge is 2.19. The Hall–Kier alpha value is 0.250. The van der Waals surface area contributed by atoms with Crippen molar-refractivity contribution in [2.24, 2.45) is 0 Å². The van der Waals surface area contributed by atoms with Crippen LogP contribution in [0.2, 0.25) is 0 Å². The molecule has 4 heteroatoms. The van der Waals surface area contributed by atoms with Gasteiger partial charge >= 0.3 is 8.69 Å². The summed E-state index contributed by atoms with van der Waals surface area (Å²) in [4.78, 5) is 0. The van der Waals surface area contributed by atoms with Crippen molar-refractivity contribution in [1.82, 2.24) is 4.67 Å². The second-order valence-electron chi connectivity index (χ2n) is 2.23. The number of rotatable bonds is 1. The second-order valence-corrected chi connectivity index (χ2v) is 3.23. The number of nitrogens with zero attached hydrogens (tertiary/aromatic N) is 1. The molecule has 0 aliphatic carbocycles. The van der Waals surface area contributed by atoms with Gasteiger partial charge in [-0.05, 0) is 12.8 Å². The number of hydrogen-bond donors (Lipinski definition) is 0. The minimum atomic E-state index is -2.79. The van der Waals surface area contributed by atoms with Gasteiger partial charge in [0.2, 0.25) is 0 Å². The minimum Gasteiger partial charge on any atom is -0.229 e. The predicted molar refractivity (Wildman–Crippen MR) is 34.6 cm³/mol. The van der Waals surface area contributed by atoms with E-state index in [9.17, 15) is 8.39 Å². The van der Waals surface area contributed by atoms with Crippen LogP contribution in [-0.4, -0.2) is 17.8 Å². The maximum Gasteiger partial charge on any atom is 0.345 e. The molecule has 1 aliphatic rings. The largest absolute Gasteiger partial charge is 0.345 e. The lowest BCUT2D eigenvalue weighted by molar-refractivity contribution is 0.342. The molecule has 1 rings (SSSR count). The van der Waals surface area contributed by atoms with Crippen LogP contribution in [0, 0.1) is 0 Å². The standard InChI is InChI=1S/C5H10F2NP/c6-9(7)8-4-2-1-3-5-8/h1-5H2. The van der Waals surface area contributed by atoms with Crippen LogP contribution in [0.15, 0.2) is 0 Å². The molecule has 1 nitrogen and oxygen atoms in total. The van der Waals surface area contributed by atoms with E-state index < -0.39 is 8.69 Å². The maximum atomic E-state index is 11.9. The Labute approximate surface area is 55.1 Å². The fourth-order valence-corrected chi connectivity index (χ4v) is 1.61. The lowest BCUT2D eigenvalue weighted by Crippen LogP contribution is -2.22. The normalized spacial score (nSPS) is 23.0. The molecule has 0 spiro atoms. The zero-order valence-electron chi connectivity index (χ0n) is 5.19. The fourth-order valence-electron chi connectivity index (χ4n) is 1.03. The Bertz CT molecular complexity index is 83.0.